The Balaban J connectivity index is 2.09. The first-order chi connectivity index (χ1) is 12.3. The van der Waals surface area contributed by atoms with Gasteiger partial charge >= 0.3 is 0 Å². The lowest BCUT2D eigenvalue weighted by Gasteiger charge is -2.12. The van der Waals surface area contributed by atoms with E-state index < -0.39 is 16.7 Å². The van der Waals surface area contributed by atoms with Crippen LogP contribution in [0.2, 0.25) is 0 Å². The molecular weight excluding hydrogens is 354 g/mol. The van der Waals surface area contributed by atoms with Crippen LogP contribution in [-0.4, -0.2) is 29.5 Å². The van der Waals surface area contributed by atoms with Crippen molar-refractivity contribution >= 4 is 35.0 Å². The SMILES string of the molecule is CSc1ccc([N+](=O)[O-])c(C(=O)NCC(=O)Nc2c(C)cccc2C)c1. The normalized spacial score (nSPS) is 10.3. The van der Waals surface area contributed by atoms with Crippen molar-refractivity contribution in [1.82, 2.24) is 5.32 Å². The summed E-state index contributed by atoms with van der Waals surface area (Å²) in [5.41, 5.74) is 2.15. The predicted molar refractivity (Wildman–Crippen MR) is 102 cm³/mol. The van der Waals surface area contributed by atoms with Gasteiger partial charge in [-0.1, -0.05) is 18.2 Å². The molecule has 0 aromatic heterocycles. The molecule has 7 nitrogen and oxygen atoms in total. The molecule has 2 aromatic rings. The molecule has 0 saturated heterocycles. The molecule has 0 unspecified atom stereocenters. The van der Waals surface area contributed by atoms with Gasteiger partial charge in [0.2, 0.25) is 5.91 Å². The summed E-state index contributed by atoms with van der Waals surface area (Å²) in [4.78, 5) is 35.7. The first kappa shape index (κ1) is 19.5. The van der Waals surface area contributed by atoms with Crippen LogP contribution in [-0.2, 0) is 4.79 Å². The lowest BCUT2D eigenvalue weighted by molar-refractivity contribution is -0.385. The molecule has 8 heteroatoms. The van der Waals surface area contributed by atoms with Gasteiger partial charge in [-0.3, -0.25) is 19.7 Å². The second-order valence-electron chi connectivity index (χ2n) is 5.64. The predicted octanol–water partition coefficient (Wildman–Crippen LogP) is 3.30. The molecule has 0 aliphatic rings. The number of carbonyl (C=O) groups excluding carboxylic acids is 2. The third-order valence-corrected chi connectivity index (χ3v) is 4.53. The highest BCUT2D eigenvalue weighted by atomic mass is 32.2. The first-order valence-electron chi connectivity index (χ1n) is 7.80. The number of benzene rings is 2. The van der Waals surface area contributed by atoms with E-state index in [4.69, 9.17) is 0 Å². The van der Waals surface area contributed by atoms with Gasteiger partial charge in [-0.2, -0.15) is 0 Å². The average molecular weight is 373 g/mol. The molecule has 0 spiro atoms. The summed E-state index contributed by atoms with van der Waals surface area (Å²) in [5, 5.41) is 16.3. The number of hydrogen-bond donors (Lipinski definition) is 2. The number of carbonyl (C=O) groups is 2. The Morgan fingerprint density at radius 1 is 1.15 bits per heavy atom. The fourth-order valence-electron chi connectivity index (χ4n) is 2.43. The third kappa shape index (κ3) is 4.60. The Bertz CT molecular complexity index is 847. The highest BCUT2D eigenvalue weighted by Crippen LogP contribution is 2.24. The van der Waals surface area contributed by atoms with Crippen LogP contribution in [0.5, 0.6) is 0 Å². The van der Waals surface area contributed by atoms with Gasteiger partial charge in [-0.15, -0.1) is 11.8 Å². The van der Waals surface area contributed by atoms with E-state index in [-0.39, 0.29) is 17.8 Å². The van der Waals surface area contributed by atoms with E-state index in [9.17, 15) is 19.7 Å². The van der Waals surface area contributed by atoms with E-state index in [0.29, 0.717) is 5.69 Å². The highest BCUT2D eigenvalue weighted by molar-refractivity contribution is 7.98. The van der Waals surface area contributed by atoms with E-state index in [1.807, 2.05) is 32.0 Å². The zero-order chi connectivity index (χ0) is 19.3. The zero-order valence-electron chi connectivity index (χ0n) is 14.7. The van der Waals surface area contributed by atoms with Gasteiger partial charge in [0.1, 0.15) is 5.56 Å². The number of nitrogens with one attached hydrogen (secondary N) is 2. The quantitative estimate of drug-likeness (QED) is 0.460. The summed E-state index contributed by atoms with van der Waals surface area (Å²) < 4.78 is 0. The minimum Gasteiger partial charge on any atom is -0.343 e. The number of thioether (sulfide) groups is 1. The van der Waals surface area contributed by atoms with E-state index in [2.05, 4.69) is 10.6 Å². The Labute approximate surface area is 155 Å². The highest BCUT2D eigenvalue weighted by Gasteiger charge is 2.21. The number of nitro groups is 1. The molecule has 2 rings (SSSR count). The summed E-state index contributed by atoms with van der Waals surface area (Å²) in [6.07, 6.45) is 1.81. The summed E-state index contributed by atoms with van der Waals surface area (Å²) >= 11 is 1.37. The number of anilines is 1. The van der Waals surface area contributed by atoms with Gasteiger partial charge < -0.3 is 10.6 Å². The van der Waals surface area contributed by atoms with Crippen molar-refractivity contribution in [3.8, 4) is 0 Å². The number of para-hydroxylation sites is 1. The van der Waals surface area contributed by atoms with E-state index in [0.717, 1.165) is 16.0 Å². The first-order valence-corrected chi connectivity index (χ1v) is 9.02. The lowest BCUT2D eigenvalue weighted by Crippen LogP contribution is -2.33. The molecule has 0 fully saturated rings. The largest absolute Gasteiger partial charge is 0.343 e. The smallest absolute Gasteiger partial charge is 0.282 e. The molecule has 0 bridgehead atoms. The van der Waals surface area contributed by atoms with Crippen LogP contribution >= 0.6 is 11.8 Å². The summed E-state index contributed by atoms with van der Waals surface area (Å²) in [6, 6.07) is 9.95. The van der Waals surface area contributed by atoms with E-state index in [1.54, 1.807) is 12.3 Å². The Morgan fingerprint density at radius 2 is 1.81 bits per heavy atom. The van der Waals surface area contributed by atoms with Crippen LogP contribution < -0.4 is 10.6 Å². The maximum absolute atomic E-state index is 12.3. The summed E-state index contributed by atoms with van der Waals surface area (Å²) in [5.74, 6) is -1.07. The number of rotatable bonds is 6. The fraction of sp³-hybridized carbons (Fsp3) is 0.222. The molecule has 0 aliphatic carbocycles. The number of aryl methyl sites for hydroxylation is 2. The molecule has 0 heterocycles. The molecule has 136 valence electrons. The minimum atomic E-state index is -0.663. The van der Waals surface area contributed by atoms with Gasteiger partial charge in [0.25, 0.3) is 11.6 Å². The number of amides is 2. The zero-order valence-corrected chi connectivity index (χ0v) is 15.5. The van der Waals surface area contributed by atoms with Gasteiger partial charge in [0.15, 0.2) is 0 Å². The molecule has 2 aromatic carbocycles. The van der Waals surface area contributed by atoms with Gasteiger partial charge in [-0.25, -0.2) is 0 Å². The van der Waals surface area contributed by atoms with Gasteiger partial charge in [-0.05, 0) is 43.4 Å². The van der Waals surface area contributed by atoms with Crippen LogP contribution in [0.4, 0.5) is 11.4 Å². The van der Waals surface area contributed by atoms with Crippen LogP contribution in [0.25, 0.3) is 0 Å². The molecule has 0 atom stereocenters. The van der Waals surface area contributed by atoms with E-state index >= 15 is 0 Å². The standard InChI is InChI=1S/C18H19N3O4S/c1-11-5-4-6-12(2)17(11)20-16(22)10-19-18(23)14-9-13(26-3)7-8-15(14)21(24)25/h4-9H,10H2,1-3H3,(H,19,23)(H,20,22). The molecule has 26 heavy (non-hydrogen) atoms. The van der Waals surface area contributed by atoms with Crippen molar-refractivity contribution in [2.75, 3.05) is 18.1 Å². The molecular formula is C18H19N3O4S. The molecule has 0 radical (unpaired) electrons. The summed E-state index contributed by atoms with van der Waals surface area (Å²) in [6.45, 7) is 3.46. The van der Waals surface area contributed by atoms with Gasteiger partial charge in [0.05, 0.1) is 11.5 Å². The molecule has 2 amide bonds. The van der Waals surface area contributed by atoms with Crippen LogP contribution in [0.3, 0.4) is 0 Å². The third-order valence-electron chi connectivity index (χ3n) is 3.80. The van der Waals surface area contributed by atoms with Crippen LogP contribution in [0.15, 0.2) is 41.3 Å². The van der Waals surface area contributed by atoms with Gasteiger partial charge in [0, 0.05) is 16.6 Å². The second-order valence-corrected chi connectivity index (χ2v) is 6.52. The van der Waals surface area contributed by atoms with Crippen LogP contribution in [0, 0.1) is 24.0 Å². The topological polar surface area (TPSA) is 101 Å². The van der Waals surface area contributed by atoms with Crippen molar-refractivity contribution in [3.05, 3.63) is 63.2 Å². The maximum Gasteiger partial charge on any atom is 0.282 e. The second kappa shape index (κ2) is 8.48. The lowest BCUT2D eigenvalue weighted by atomic mass is 10.1. The number of nitrogens with zero attached hydrogens (tertiary/aromatic N) is 1. The molecule has 2 N–H and O–H groups in total. The van der Waals surface area contributed by atoms with Crippen molar-refractivity contribution in [1.29, 1.82) is 0 Å². The Hall–Kier alpha value is -2.87. The van der Waals surface area contributed by atoms with Crippen molar-refractivity contribution in [3.63, 3.8) is 0 Å². The Kier molecular flexibility index (Phi) is 6.35. The average Bonchev–Trinajstić information content (AvgIpc) is 2.62. The van der Waals surface area contributed by atoms with E-state index in [1.165, 1.54) is 23.9 Å². The molecule has 0 saturated carbocycles. The maximum atomic E-state index is 12.3. The minimum absolute atomic E-state index is 0.0678. The van der Waals surface area contributed by atoms with Crippen molar-refractivity contribution < 1.29 is 14.5 Å². The fourth-order valence-corrected chi connectivity index (χ4v) is 2.87. The summed E-state index contributed by atoms with van der Waals surface area (Å²) in [7, 11) is 0. The molecule has 0 aliphatic heterocycles. The van der Waals surface area contributed by atoms with Crippen molar-refractivity contribution in [2.45, 2.75) is 18.7 Å². The van der Waals surface area contributed by atoms with Crippen molar-refractivity contribution in [2.24, 2.45) is 0 Å². The Morgan fingerprint density at radius 3 is 2.38 bits per heavy atom. The monoisotopic (exact) mass is 373 g/mol. The number of hydrogen-bond acceptors (Lipinski definition) is 5. The number of nitro benzene ring substituents is 1. The van der Waals surface area contributed by atoms with Crippen LogP contribution in [0.1, 0.15) is 21.5 Å².